The molecule has 2 aromatic carbocycles. The quantitative estimate of drug-likeness (QED) is 0.544. The number of benzene rings is 2. The molecule has 0 saturated carbocycles. The fraction of sp³-hybridized carbons (Fsp3) is 0.238. The van der Waals surface area contributed by atoms with Gasteiger partial charge < -0.3 is 0 Å². The van der Waals surface area contributed by atoms with Crippen LogP contribution in [0.2, 0.25) is 0 Å². The zero-order chi connectivity index (χ0) is 20.3. The minimum absolute atomic E-state index is 0.0641. The molecule has 0 spiro atoms. The van der Waals surface area contributed by atoms with E-state index in [0.717, 1.165) is 25.8 Å². The van der Waals surface area contributed by atoms with Gasteiger partial charge in [0.2, 0.25) is 0 Å². The molecule has 28 heavy (non-hydrogen) atoms. The average molecular weight is 462 g/mol. The van der Waals surface area contributed by atoms with Gasteiger partial charge in [-0.1, -0.05) is 0 Å². The van der Waals surface area contributed by atoms with Crippen LogP contribution < -0.4 is 4.74 Å². The summed E-state index contributed by atoms with van der Waals surface area (Å²) >= 11 is 0.0641. The van der Waals surface area contributed by atoms with E-state index in [1.165, 1.54) is 5.56 Å². The SMILES string of the molecule is Cc1ccc(-c2nc(C)c(CS(=O)c3ccc(OCC(=O)O)c(C)c3)[se]2)cc1. The molecule has 0 aliphatic rings. The van der Waals surface area contributed by atoms with Crippen molar-refractivity contribution in [3.8, 4) is 15.9 Å². The molecule has 5 nitrogen and oxygen atoms in total. The molecule has 0 saturated heterocycles. The first kappa shape index (κ1) is 20.5. The number of aromatic nitrogens is 1. The van der Waals surface area contributed by atoms with Gasteiger partial charge in [-0.3, -0.25) is 0 Å². The number of ether oxygens (including phenoxy) is 1. The van der Waals surface area contributed by atoms with E-state index < -0.39 is 23.4 Å². The summed E-state index contributed by atoms with van der Waals surface area (Å²) in [6.07, 6.45) is 0. The van der Waals surface area contributed by atoms with Crippen molar-refractivity contribution in [2.75, 3.05) is 6.61 Å². The fourth-order valence-electron chi connectivity index (χ4n) is 2.65. The van der Waals surface area contributed by atoms with E-state index in [4.69, 9.17) is 14.8 Å². The third-order valence-electron chi connectivity index (χ3n) is 4.21. The number of aryl methyl sites for hydroxylation is 3. The molecule has 0 aliphatic heterocycles. The molecule has 0 radical (unpaired) electrons. The van der Waals surface area contributed by atoms with Gasteiger partial charge in [-0.05, 0) is 0 Å². The van der Waals surface area contributed by atoms with Crippen LogP contribution in [-0.4, -0.2) is 41.4 Å². The third-order valence-corrected chi connectivity index (χ3v) is 8.49. The fourth-order valence-corrected chi connectivity index (χ4v) is 6.71. The molecule has 1 aromatic heterocycles. The van der Waals surface area contributed by atoms with Gasteiger partial charge in [0, 0.05) is 0 Å². The molecule has 3 aromatic rings. The first-order valence-corrected chi connectivity index (χ1v) is 11.7. The van der Waals surface area contributed by atoms with Crippen molar-refractivity contribution in [1.29, 1.82) is 0 Å². The van der Waals surface area contributed by atoms with Gasteiger partial charge in [0.25, 0.3) is 0 Å². The van der Waals surface area contributed by atoms with Gasteiger partial charge in [-0.2, -0.15) is 0 Å². The van der Waals surface area contributed by atoms with Crippen molar-refractivity contribution >= 4 is 31.3 Å². The molecule has 0 amide bonds. The van der Waals surface area contributed by atoms with Crippen LogP contribution in [0.3, 0.4) is 0 Å². The zero-order valence-corrected chi connectivity index (χ0v) is 18.4. The number of aliphatic carboxylic acids is 1. The van der Waals surface area contributed by atoms with Crippen LogP contribution in [0.1, 0.15) is 21.3 Å². The first-order chi connectivity index (χ1) is 13.3. The molecule has 0 aliphatic carbocycles. The number of carbonyl (C=O) groups is 1. The van der Waals surface area contributed by atoms with Crippen molar-refractivity contribution in [2.45, 2.75) is 31.4 Å². The topological polar surface area (TPSA) is 76.5 Å². The van der Waals surface area contributed by atoms with Crippen LogP contribution >= 0.6 is 0 Å². The number of rotatable bonds is 7. The molecule has 7 heteroatoms. The van der Waals surface area contributed by atoms with Gasteiger partial charge in [-0.15, -0.1) is 0 Å². The standard InChI is InChI=1S/C21H21NO4SSe/c1-13-4-6-16(7-5-13)21-22-15(3)19(28-21)12-27(25)17-8-9-18(14(2)10-17)26-11-20(23)24/h4-10H,11-12H2,1-3H3,(H,23,24). The Balaban J connectivity index is 1.75. The molecule has 1 N–H and O–H groups in total. The Hall–Kier alpha value is -2.21. The molecule has 1 heterocycles. The molecule has 0 bridgehead atoms. The van der Waals surface area contributed by atoms with Gasteiger partial charge in [-0.25, -0.2) is 0 Å². The van der Waals surface area contributed by atoms with Crippen molar-refractivity contribution in [3.05, 3.63) is 63.7 Å². The Bertz CT molecular complexity index is 1030. The summed E-state index contributed by atoms with van der Waals surface area (Å²) in [5.74, 6) is -0.0737. The Morgan fingerprint density at radius 3 is 2.50 bits per heavy atom. The van der Waals surface area contributed by atoms with E-state index in [1.54, 1.807) is 18.2 Å². The summed E-state index contributed by atoms with van der Waals surface area (Å²) in [5.41, 5.74) is 4.07. The first-order valence-electron chi connectivity index (χ1n) is 8.70. The van der Waals surface area contributed by atoms with Crippen molar-refractivity contribution in [3.63, 3.8) is 0 Å². The summed E-state index contributed by atoms with van der Waals surface area (Å²) in [6.45, 7) is 5.46. The van der Waals surface area contributed by atoms with Crippen molar-refractivity contribution in [1.82, 2.24) is 4.98 Å². The summed E-state index contributed by atoms with van der Waals surface area (Å²) in [7, 11) is -1.19. The Labute approximate surface area is 172 Å². The van der Waals surface area contributed by atoms with E-state index in [0.29, 0.717) is 16.4 Å². The van der Waals surface area contributed by atoms with Gasteiger partial charge >= 0.3 is 173 Å². The van der Waals surface area contributed by atoms with Crippen LogP contribution in [0.25, 0.3) is 10.1 Å². The normalized spacial score (nSPS) is 12.0. The van der Waals surface area contributed by atoms with Crippen LogP contribution in [0.5, 0.6) is 5.75 Å². The maximum atomic E-state index is 12.9. The van der Waals surface area contributed by atoms with Crippen LogP contribution in [0, 0.1) is 20.8 Å². The van der Waals surface area contributed by atoms with E-state index in [1.807, 2.05) is 13.8 Å². The number of hydrogen-bond acceptors (Lipinski definition) is 4. The number of nitrogens with zero attached hydrogens (tertiary/aromatic N) is 1. The van der Waals surface area contributed by atoms with Gasteiger partial charge in [0.05, 0.1) is 0 Å². The van der Waals surface area contributed by atoms with E-state index in [-0.39, 0.29) is 14.5 Å². The molecule has 3 rings (SSSR count). The Morgan fingerprint density at radius 2 is 1.86 bits per heavy atom. The molecule has 1 unspecified atom stereocenters. The van der Waals surface area contributed by atoms with Crippen LogP contribution in [0.15, 0.2) is 47.4 Å². The van der Waals surface area contributed by atoms with E-state index >= 15 is 0 Å². The molecular formula is C21H21NO4SSe. The monoisotopic (exact) mass is 463 g/mol. The molecular weight excluding hydrogens is 441 g/mol. The average Bonchev–Trinajstić information content (AvgIpc) is 3.01. The van der Waals surface area contributed by atoms with Gasteiger partial charge in [0.15, 0.2) is 0 Å². The summed E-state index contributed by atoms with van der Waals surface area (Å²) in [5, 5.41) is 8.72. The predicted octanol–water partition coefficient (Wildman–Crippen LogP) is 3.50. The maximum absolute atomic E-state index is 12.9. The summed E-state index contributed by atoms with van der Waals surface area (Å²) in [6, 6.07) is 13.5. The van der Waals surface area contributed by atoms with Crippen molar-refractivity contribution < 1.29 is 18.8 Å². The Kier molecular flexibility index (Phi) is 6.49. The van der Waals surface area contributed by atoms with Crippen molar-refractivity contribution in [2.24, 2.45) is 0 Å². The number of hydrogen-bond donors (Lipinski definition) is 1. The van der Waals surface area contributed by atoms with Gasteiger partial charge in [0.1, 0.15) is 0 Å². The summed E-state index contributed by atoms with van der Waals surface area (Å²) in [4.78, 5) is 16.1. The van der Waals surface area contributed by atoms with Crippen LogP contribution in [-0.2, 0) is 21.3 Å². The van der Waals surface area contributed by atoms with E-state index in [2.05, 4.69) is 31.2 Å². The second kappa shape index (κ2) is 8.86. The molecule has 1 atom stereocenters. The van der Waals surface area contributed by atoms with Crippen LogP contribution in [0.4, 0.5) is 0 Å². The molecule has 0 fully saturated rings. The third kappa shape index (κ3) is 4.98. The zero-order valence-electron chi connectivity index (χ0n) is 15.9. The second-order valence-corrected chi connectivity index (χ2v) is 10.2. The number of carboxylic acids is 1. The van der Waals surface area contributed by atoms with E-state index in [9.17, 15) is 9.00 Å². The molecule has 146 valence electrons. The minimum atomic E-state index is -1.19. The Morgan fingerprint density at radius 1 is 1.14 bits per heavy atom. The summed E-state index contributed by atoms with van der Waals surface area (Å²) < 4.78 is 20.3. The number of carboxylic acid groups (broad SMARTS) is 1. The second-order valence-electron chi connectivity index (χ2n) is 6.49. The predicted molar refractivity (Wildman–Crippen MR) is 111 cm³/mol.